The van der Waals surface area contributed by atoms with Crippen molar-refractivity contribution < 1.29 is 14.0 Å². The van der Waals surface area contributed by atoms with Crippen LogP contribution < -0.4 is 10.2 Å². The maximum Gasteiger partial charge on any atom is 0.495 e. The minimum atomic E-state index is -0.416. The summed E-state index contributed by atoms with van der Waals surface area (Å²) in [5.41, 5.74) is 8.15. The predicted octanol–water partition coefficient (Wildman–Crippen LogP) is 7.87. The maximum atomic E-state index is 6.49. The van der Waals surface area contributed by atoms with E-state index in [2.05, 4.69) is 131 Å². The molecule has 2 unspecified atom stereocenters. The van der Waals surface area contributed by atoms with Gasteiger partial charge < -0.3 is 14.0 Å². The first kappa shape index (κ1) is 25.4. The van der Waals surface area contributed by atoms with Crippen molar-refractivity contribution in [3.63, 3.8) is 0 Å². The minimum absolute atomic E-state index is 0.146. The van der Waals surface area contributed by atoms with Crippen molar-refractivity contribution in [3.05, 3.63) is 137 Å². The zero-order chi connectivity index (χ0) is 27.5. The van der Waals surface area contributed by atoms with Crippen LogP contribution in [0.25, 0.3) is 5.57 Å². The molecule has 1 saturated heterocycles. The first-order chi connectivity index (χ1) is 19.3. The molecule has 0 amide bonds. The van der Waals surface area contributed by atoms with Gasteiger partial charge in [-0.25, -0.2) is 0 Å². The van der Waals surface area contributed by atoms with E-state index in [9.17, 15) is 0 Å². The van der Waals surface area contributed by atoms with Crippen molar-refractivity contribution >= 4 is 18.2 Å². The quantitative estimate of drug-likeness (QED) is 0.324. The molecule has 2 aliphatic carbocycles. The summed E-state index contributed by atoms with van der Waals surface area (Å²) in [7, 11) is -0.416. The Morgan fingerprint density at radius 3 is 2.15 bits per heavy atom. The third kappa shape index (κ3) is 4.31. The molecule has 200 valence electrons. The summed E-state index contributed by atoms with van der Waals surface area (Å²) >= 11 is 0. The molecule has 40 heavy (non-hydrogen) atoms. The Morgan fingerprint density at radius 2 is 1.43 bits per heavy atom. The largest absolute Gasteiger partial charge is 0.495 e. The summed E-state index contributed by atoms with van der Waals surface area (Å²) in [6.45, 7) is 8.43. The normalized spacial score (nSPS) is 24.2. The minimum Gasteiger partial charge on any atom is -0.461 e. The van der Waals surface area contributed by atoms with Crippen LogP contribution in [0.1, 0.15) is 69.1 Å². The number of allylic oxidation sites excluding steroid dienone is 8. The molecule has 1 fully saturated rings. The Hall–Kier alpha value is -3.60. The van der Waals surface area contributed by atoms with Crippen LogP contribution in [-0.2, 0) is 9.31 Å². The van der Waals surface area contributed by atoms with E-state index in [4.69, 9.17) is 14.0 Å². The summed E-state index contributed by atoms with van der Waals surface area (Å²) in [6, 6.07) is 27.9. The van der Waals surface area contributed by atoms with Crippen LogP contribution in [-0.4, -0.2) is 18.3 Å². The van der Waals surface area contributed by atoms with Gasteiger partial charge in [-0.15, -0.1) is 0 Å². The lowest BCUT2D eigenvalue weighted by atomic mass is 9.70. The molecule has 3 aromatic rings. The van der Waals surface area contributed by atoms with E-state index in [0.717, 1.165) is 29.8 Å². The van der Waals surface area contributed by atoms with Gasteiger partial charge in [0.1, 0.15) is 11.5 Å². The number of hydrogen-bond donors (Lipinski definition) is 0. The number of ether oxygens (including phenoxy) is 1. The van der Waals surface area contributed by atoms with Gasteiger partial charge in [0.25, 0.3) is 0 Å². The molecule has 3 nitrogen and oxygen atoms in total. The summed E-state index contributed by atoms with van der Waals surface area (Å²) < 4.78 is 19.4. The van der Waals surface area contributed by atoms with E-state index < -0.39 is 18.3 Å². The molecule has 2 heterocycles. The van der Waals surface area contributed by atoms with Crippen LogP contribution in [0, 0.1) is 0 Å². The van der Waals surface area contributed by atoms with Crippen molar-refractivity contribution in [1.29, 1.82) is 0 Å². The Bertz CT molecular complexity index is 1560. The van der Waals surface area contributed by atoms with E-state index in [1.54, 1.807) is 0 Å². The van der Waals surface area contributed by atoms with E-state index in [1.165, 1.54) is 33.4 Å². The molecular formula is C36H35BO3. The highest BCUT2D eigenvalue weighted by molar-refractivity contribution is 6.62. The highest BCUT2D eigenvalue weighted by atomic mass is 16.7. The van der Waals surface area contributed by atoms with Crippen LogP contribution in [0.3, 0.4) is 0 Å². The SMILES string of the molecule is CC1(C)OB(c2cccc3c2C2CC(C4=CC(c5ccccc5)=CC(c5ccccc5)C4)=CC=C2O3)OC1(C)C. The molecule has 0 aromatic heterocycles. The van der Waals surface area contributed by atoms with Gasteiger partial charge in [0.2, 0.25) is 0 Å². The first-order valence-electron chi connectivity index (χ1n) is 14.4. The lowest BCUT2D eigenvalue weighted by Gasteiger charge is -2.32. The molecule has 4 aliphatic rings. The Kier molecular flexibility index (Phi) is 6.03. The molecule has 0 bridgehead atoms. The fourth-order valence-corrected chi connectivity index (χ4v) is 6.36. The Morgan fingerprint density at radius 1 is 0.725 bits per heavy atom. The summed E-state index contributed by atoms with van der Waals surface area (Å²) in [5, 5.41) is 0. The summed E-state index contributed by atoms with van der Waals surface area (Å²) in [6.07, 6.45) is 11.2. The van der Waals surface area contributed by atoms with Crippen molar-refractivity contribution in [3.8, 4) is 5.75 Å². The van der Waals surface area contributed by atoms with Gasteiger partial charge in [0.15, 0.2) is 0 Å². The summed E-state index contributed by atoms with van der Waals surface area (Å²) in [5.74, 6) is 2.41. The second kappa shape index (κ2) is 9.50. The fraction of sp³-hybridized carbons (Fsp3) is 0.278. The van der Waals surface area contributed by atoms with Crippen LogP contribution in [0.5, 0.6) is 5.75 Å². The number of benzene rings is 3. The van der Waals surface area contributed by atoms with Crippen LogP contribution in [0.4, 0.5) is 0 Å². The lowest BCUT2D eigenvalue weighted by Crippen LogP contribution is -2.41. The molecule has 3 aromatic carbocycles. The Balaban J connectivity index is 1.23. The third-order valence-corrected chi connectivity index (χ3v) is 9.30. The van der Waals surface area contributed by atoms with Gasteiger partial charge in [-0.3, -0.25) is 0 Å². The molecule has 0 saturated carbocycles. The second-order valence-electron chi connectivity index (χ2n) is 12.3. The number of fused-ring (bicyclic) bond motifs is 3. The van der Waals surface area contributed by atoms with Gasteiger partial charge in [0.05, 0.1) is 11.2 Å². The lowest BCUT2D eigenvalue weighted by molar-refractivity contribution is 0.00578. The van der Waals surface area contributed by atoms with E-state index >= 15 is 0 Å². The van der Waals surface area contributed by atoms with Crippen molar-refractivity contribution in [2.45, 2.75) is 63.6 Å². The molecule has 2 aliphatic heterocycles. The average molecular weight is 526 g/mol. The fourth-order valence-electron chi connectivity index (χ4n) is 6.36. The van der Waals surface area contributed by atoms with Crippen LogP contribution in [0.15, 0.2) is 120 Å². The maximum absolute atomic E-state index is 6.49. The van der Waals surface area contributed by atoms with Gasteiger partial charge >= 0.3 is 7.12 Å². The first-order valence-corrected chi connectivity index (χ1v) is 14.4. The van der Waals surface area contributed by atoms with Gasteiger partial charge in [-0.2, -0.15) is 0 Å². The third-order valence-electron chi connectivity index (χ3n) is 9.30. The molecule has 0 N–H and O–H groups in total. The molecule has 0 radical (unpaired) electrons. The van der Waals surface area contributed by atoms with Crippen molar-refractivity contribution in [1.82, 2.24) is 0 Å². The van der Waals surface area contributed by atoms with E-state index in [0.29, 0.717) is 5.92 Å². The van der Waals surface area contributed by atoms with Crippen molar-refractivity contribution in [2.75, 3.05) is 0 Å². The topological polar surface area (TPSA) is 27.7 Å². The van der Waals surface area contributed by atoms with Gasteiger partial charge in [0, 0.05) is 17.4 Å². The standard InChI is InChI=1S/C36H35BO3/c1-35(2)36(3,4)40-37(39-35)31-16-11-17-33-34(31)30-23-26(18-19-32(30)38-33)29-21-27(24-12-7-5-8-13-24)20-28(22-29)25-14-9-6-10-15-25/h5-21,28,30H,22-23H2,1-4H3. The summed E-state index contributed by atoms with van der Waals surface area (Å²) in [4.78, 5) is 0. The Labute approximate surface area is 238 Å². The predicted molar refractivity (Wildman–Crippen MR) is 163 cm³/mol. The smallest absolute Gasteiger partial charge is 0.461 e. The molecular weight excluding hydrogens is 491 g/mol. The molecule has 2 atom stereocenters. The number of rotatable bonds is 4. The zero-order valence-corrected chi connectivity index (χ0v) is 23.7. The van der Waals surface area contributed by atoms with E-state index in [1.807, 2.05) is 0 Å². The monoisotopic (exact) mass is 526 g/mol. The second-order valence-corrected chi connectivity index (χ2v) is 12.3. The highest BCUT2D eigenvalue weighted by Crippen LogP contribution is 2.49. The van der Waals surface area contributed by atoms with Crippen molar-refractivity contribution in [2.24, 2.45) is 0 Å². The van der Waals surface area contributed by atoms with Gasteiger partial charge in [-0.05, 0) is 86.0 Å². The molecule has 4 heteroatoms. The highest BCUT2D eigenvalue weighted by Gasteiger charge is 2.53. The van der Waals surface area contributed by atoms with E-state index in [-0.39, 0.29) is 5.92 Å². The average Bonchev–Trinajstić information content (AvgIpc) is 3.45. The molecule has 7 rings (SSSR count). The number of hydrogen-bond acceptors (Lipinski definition) is 3. The van der Waals surface area contributed by atoms with Crippen LogP contribution in [0.2, 0.25) is 0 Å². The molecule has 0 spiro atoms. The van der Waals surface area contributed by atoms with Gasteiger partial charge in [-0.1, -0.05) is 91.0 Å². The van der Waals surface area contributed by atoms with Crippen LogP contribution >= 0.6 is 0 Å². The zero-order valence-electron chi connectivity index (χ0n) is 23.7.